The molecule has 1 nitrogen and oxygen atoms in total. The quantitative estimate of drug-likeness (QED) is 0.451. The highest BCUT2D eigenvalue weighted by molar-refractivity contribution is 6.87. The lowest BCUT2D eigenvalue weighted by Crippen LogP contribution is -2.53. The van der Waals surface area contributed by atoms with Gasteiger partial charge in [0.1, 0.15) is 0 Å². The molecule has 0 atom stereocenters. The summed E-state index contributed by atoms with van der Waals surface area (Å²) in [5.74, 6) is 0. The summed E-state index contributed by atoms with van der Waals surface area (Å²) >= 11 is 0. The lowest BCUT2D eigenvalue weighted by molar-refractivity contribution is -0.143. The van der Waals surface area contributed by atoms with Crippen molar-refractivity contribution >= 4 is 13.5 Å². The fourth-order valence-electron chi connectivity index (χ4n) is 3.38. The summed E-state index contributed by atoms with van der Waals surface area (Å²) in [7, 11) is -2.85. The Hall–Kier alpha value is -1.80. The Morgan fingerprint density at radius 2 is 1.07 bits per heavy atom. The van der Waals surface area contributed by atoms with Crippen molar-refractivity contribution in [1.29, 1.82) is 0 Å². The summed E-state index contributed by atoms with van der Waals surface area (Å²) in [6, 6.07) is 7.67. The maximum Gasteiger partial charge on any atom is 0.416 e. The molecule has 0 spiro atoms. The second-order valence-electron chi connectivity index (χ2n) is 7.51. The molecule has 0 saturated carbocycles. The van der Waals surface area contributed by atoms with Crippen molar-refractivity contribution < 1.29 is 31.1 Å². The van der Waals surface area contributed by atoms with Gasteiger partial charge in [-0.15, -0.1) is 0 Å². The monoisotopic (exact) mass is 420 g/mol. The molecule has 0 aromatic heterocycles. The number of rotatable bonds is 4. The van der Waals surface area contributed by atoms with Crippen LogP contribution in [0.4, 0.5) is 26.3 Å². The standard InChI is InChI=1S/C20H22F6OSi/c1-12(2)28(27,13(3)4)18-7-5-14(6-8-18)15-9-16(19(21,22)23)11-17(10-15)20(24,25)26/h5-13,27H,1-4H3. The van der Waals surface area contributed by atoms with Gasteiger partial charge in [-0.25, -0.2) is 0 Å². The highest BCUT2D eigenvalue weighted by Crippen LogP contribution is 2.38. The summed E-state index contributed by atoms with van der Waals surface area (Å²) in [6.45, 7) is 7.62. The van der Waals surface area contributed by atoms with Crippen LogP contribution in [0.1, 0.15) is 38.8 Å². The summed E-state index contributed by atoms with van der Waals surface area (Å²) in [4.78, 5) is 11.1. The number of hydrogen-bond donors (Lipinski definition) is 1. The fraction of sp³-hybridized carbons (Fsp3) is 0.400. The Balaban J connectivity index is 2.57. The molecular weight excluding hydrogens is 398 g/mol. The van der Waals surface area contributed by atoms with Crippen LogP contribution in [0.2, 0.25) is 11.1 Å². The summed E-state index contributed by atoms with van der Waals surface area (Å²) in [5, 5.41) is 0.698. The second-order valence-corrected chi connectivity index (χ2v) is 12.0. The lowest BCUT2D eigenvalue weighted by atomic mass is 9.99. The molecule has 0 aliphatic heterocycles. The minimum Gasteiger partial charge on any atom is -0.427 e. The molecule has 0 heterocycles. The third-order valence-corrected chi connectivity index (χ3v) is 9.81. The zero-order chi connectivity index (χ0) is 21.5. The van der Waals surface area contributed by atoms with E-state index in [0.29, 0.717) is 17.3 Å². The van der Waals surface area contributed by atoms with Gasteiger partial charge in [0.15, 0.2) is 0 Å². The highest BCUT2D eigenvalue weighted by atomic mass is 28.4. The third kappa shape index (κ3) is 4.43. The van der Waals surface area contributed by atoms with E-state index in [1.54, 1.807) is 12.1 Å². The molecule has 2 aromatic carbocycles. The molecule has 2 aromatic rings. The van der Waals surface area contributed by atoms with Gasteiger partial charge in [-0.2, -0.15) is 26.3 Å². The minimum absolute atomic E-state index is 0.00346. The van der Waals surface area contributed by atoms with Gasteiger partial charge in [0.25, 0.3) is 0 Å². The van der Waals surface area contributed by atoms with E-state index in [1.165, 1.54) is 12.1 Å². The summed E-state index contributed by atoms with van der Waals surface area (Å²) < 4.78 is 78.3. The molecule has 0 amide bonds. The average Bonchev–Trinajstić information content (AvgIpc) is 2.58. The van der Waals surface area contributed by atoms with E-state index in [0.717, 1.165) is 0 Å². The van der Waals surface area contributed by atoms with E-state index in [4.69, 9.17) is 0 Å². The molecule has 0 aliphatic carbocycles. The number of benzene rings is 2. The van der Waals surface area contributed by atoms with E-state index in [-0.39, 0.29) is 28.3 Å². The van der Waals surface area contributed by atoms with Crippen LogP contribution in [-0.2, 0) is 12.4 Å². The predicted molar refractivity (Wildman–Crippen MR) is 99.7 cm³/mol. The van der Waals surface area contributed by atoms with Gasteiger partial charge in [-0.3, -0.25) is 0 Å². The molecular formula is C20H22F6OSi. The van der Waals surface area contributed by atoms with Crippen LogP contribution < -0.4 is 5.19 Å². The van der Waals surface area contributed by atoms with Crippen LogP contribution in [0.25, 0.3) is 11.1 Å². The summed E-state index contributed by atoms with van der Waals surface area (Å²) in [5.41, 5.74) is -2.64. The van der Waals surface area contributed by atoms with Crippen molar-refractivity contribution in [2.45, 2.75) is 51.1 Å². The van der Waals surface area contributed by atoms with Gasteiger partial charge in [0, 0.05) is 0 Å². The Bertz CT molecular complexity index is 782. The van der Waals surface area contributed by atoms with Crippen LogP contribution in [0.3, 0.4) is 0 Å². The lowest BCUT2D eigenvalue weighted by Gasteiger charge is -2.33. The van der Waals surface area contributed by atoms with Gasteiger partial charge < -0.3 is 4.80 Å². The van der Waals surface area contributed by atoms with Crippen LogP contribution in [0.5, 0.6) is 0 Å². The van der Waals surface area contributed by atoms with E-state index in [1.807, 2.05) is 27.7 Å². The molecule has 8 heteroatoms. The van der Waals surface area contributed by atoms with E-state index < -0.39 is 31.8 Å². The smallest absolute Gasteiger partial charge is 0.416 e. The SMILES string of the molecule is CC(C)[Si](O)(c1ccc(-c2cc(C(F)(F)F)cc(C(F)(F)F)c2)cc1)C(C)C. The molecule has 28 heavy (non-hydrogen) atoms. The minimum atomic E-state index is -4.89. The largest absolute Gasteiger partial charge is 0.427 e. The molecule has 0 bridgehead atoms. The Labute approximate surface area is 161 Å². The van der Waals surface area contributed by atoms with Crippen molar-refractivity contribution in [3.05, 3.63) is 53.6 Å². The van der Waals surface area contributed by atoms with Crippen molar-refractivity contribution in [2.24, 2.45) is 0 Å². The van der Waals surface area contributed by atoms with Crippen LogP contribution in [0, 0.1) is 0 Å². The molecule has 0 radical (unpaired) electrons. The Morgan fingerprint density at radius 1 is 0.679 bits per heavy atom. The molecule has 0 unspecified atom stereocenters. The maximum atomic E-state index is 13.1. The van der Waals surface area contributed by atoms with Gasteiger partial charge in [-0.05, 0) is 45.6 Å². The molecule has 0 fully saturated rings. The highest BCUT2D eigenvalue weighted by Gasteiger charge is 2.40. The molecule has 154 valence electrons. The van der Waals surface area contributed by atoms with Crippen LogP contribution in [-0.4, -0.2) is 13.1 Å². The normalized spacial score (nSPS) is 13.5. The Morgan fingerprint density at radius 3 is 1.39 bits per heavy atom. The van der Waals surface area contributed by atoms with Crippen LogP contribution >= 0.6 is 0 Å². The first kappa shape index (κ1) is 22.5. The van der Waals surface area contributed by atoms with E-state index >= 15 is 0 Å². The van der Waals surface area contributed by atoms with Gasteiger partial charge in [-0.1, -0.05) is 52.0 Å². The first-order valence-electron chi connectivity index (χ1n) is 8.80. The van der Waals surface area contributed by atoms with Crippen molar-refractivity contribution in [2.75, 3.05) is 0 Å². The second kappa shape index (κ2) is 7.55. The molecule has 0 aliphatic rings. The van der Waals surface area contributed by atoms with E-state index in [9.17, 15) is 31.1 Å². The average molecular weight is 420 g/mol. The first-order chi connectivity index (χ1) is 12.7. The third-order valence-electron chi connectivity index (χ3n) is 5.03. The maximum absolute atomic E-state index is 13.1. The zero-order valence-corrected chi connectivity index (χ0v) is 16.9. The molecule has 1 N–H and O–H groups in total. The topological polar surface area (TPSA) is 20.2 Å². The van der Waals surface area contributed by atoms with Crippen molar-refractivity contribution in [3.8, 4) is 11.1 Å². The zero-order valence-electron chi connectivity index (χ0n) is 15.9. The van der Waals surface area contributed by atoms with Gasteiger partial charge in [0.05, 0.1) is 11.1 Å². The predicted octanol–water partition coefficient (Wildman–Crippen LogP) is 6.36. The summed E-state index contributed by atoms with van der Waals surface area (Å²) in [6.07, 6.45) is -9.78. The van der Waals surface area contributed by atoms with Crippen LogP contribution in [0.15, 0.2) is 42.5 Å². The van der Waals surface area contributed by atoms with Gasteiger partial charge in [0.2, 0.25) is 8.32 Å². The molecule has 0 saturated heterocycles. The van der Waals surface area contributed by atoms with Crippen molar-refractivity contribution in [1.82, 2.24) is 0 Å². The van der Waals surface area contributed by atoms with Gasteiger partial charge >= 0.3 is 12.4 Å². The number of alkyl halides is 6. The Kier molecular flexibility index (Phi) is 6.06. The van der Waals surface area contributed by atoms with Crippen molar-refractivity contribution in [3.63, 3.8) is 0 Å². The first-order valence-corrected chi connectivity index (χ1v) is 10.9. The fourth-order valence-corrected chi connectivity index (χ4v) is 6.75. The van der Waals surface area contributed by atoms with E-state index in [2.05, 4.69) is 0 Å². The molecule has 2 rings (SSSR count). The number of hydrogen-bond acceptors (Lipinski definition) is 1. The number of halogens is 6.